The van der Waals surface area contributed by atoms with Gasteiger partial charge in [0.2, 0.25) is 0 Å². The zero-order chi connectivity index (χ0) is 14.5. The Hall–Kier alpha value is -0.690. The number of ether oxygens (including phenoxy) is 2. The number of nitrogens with one attached hydrogen (secondary N) is 1. The fourth-order valence-electron chi connectivity index (χ4n) is 2.60. The van der Waals surface area contributed by atoms with Crippen LogP contribution in [0.4, 0.5) is 5.13 Å². The van der Waals surface area contributed by atoms with Crippen LogP contribution in [0.2, 0.25) is 0 Å². The van der Waals surface area contributed by atoms with Crippen LogP contribution in [-0.2, 0) is 16.0 Å². The van der Waals surface area contributed by atoms with Crippen molar-refractivity contribution in [2.24, 2.45) is 0 Å². The van der Waals surface area contributed by atoms with Crippen LogP contribution in [0.5, 0.6) is 0 Å². The molecular formula is C15H25N3O2S. The Morgan fingerprint density at radius 3 is 3.10 bits per heavy atom. The maximum absolute atomic E-state index is 5.54. The van der Waals surface area contributed by atoms with E-state index in [2.05, 4.69) is 10.2 Å². The summed E-state index contributed by atoms with van der Waals surface area (Å²) < 4.78 is 10.6. The average Bonchev–Trinajstić information content (AvgIpc) is 3.29. The van der Waals surface area contributed by atoms with Gasteiger partial charge in [-0.1, -0.05) is 0 Å². The highest BCUT2D eigenvalue weighted by Crippen LogP contribution is 2.44. The molecule has 0 radical (unpaired) electrons. The van der Waals surface area contributed by atoms with E-state index in [1.807, 2.05) is 11.3 Å². The van der Waals surface area contributed by atoms with Gasteiger partial charge in [0.25, 0.3) is 0 Å². The summed E-state index contributed by atoms with van der Waals surface area (Å²) in [7, 11) is 1.74. The molecule has 1 aromatic heterocycles. The second-order valence-electron chi connectivity index (χ2n) is 5.70. The second-order valence-corrected chi connectivity index (χ2v) is 6.76. The first kappa shape index (κ1) is 15.2. The molecule has 0 aromatic carbocycles. The average molecular weight is 311 g/mol. The lowest BCUT2D eigenvalue weighted by atomic mass is 10.2. The Labute approximate surface area is 130 Å². The SMILES string of the molecule is COCCNCc1sc(N2CCCOCC2)nc1C1CC1. The van der Waals surface area contributed by atoms with Gasteiger partial charge in [-0.25, -0.2) is 4.98 Å². The molecule has 0 bridgehead atoms. The third-order valence-corrected chi connectivity index (χ3v) is 5.07. The van der Waals surface area contributed by atoms with Crippen molar-refractivity contribution in [1.29, 1.82) is 0 Å². The Morgan fingerprint density at radius 1 is 1.38 bits per heavy atom. The molecule has 118 valence electrons. The standard InChI is InChI=1S/C15H25N3O2S/c1-19-9-5-16-11-13-14(12-3-4-12)17-15(21-13)18-6-2-8-20-10-7-18/h12,16H,2-11H2,1H3. The summed E-state index contributed by atoms with van der Waals surface area (Å²) in [4.78, 5) is 8.76. The number of thiazole rings is 1. The third-order valence-electron chi connectivity index (χ3n) is 3.94. The summed E-state index contributed by atoms with van der Waals surface area (Å²) in [6.07, 6.45) is 3.70. The van der Waals surface area contributed by atoms with Crippen LogP contribution in [0.15, 0.2) is 0 Å². The lowest BCUT2D eigenvalue weighted by Gasteiger charge is -2.17. The quantitative estimate of drug-likeness (QED) is 0.780. The molecular weight excluding hydrogens is 286 g/mol. The van der Waals surface area contributed by atoms with Gasteiger partial charge in [0.05, 0.1) is 18.9 Å². The van der Waals surface area contributed by atoms with E-state index in [9.17, 15) is 0 Å². The summed E-state index contributed by atoms with van der Waals surface area (Å²) in [6.45, 7) is 6.29. The summed E-state index contributed by atoms with van der Waals surface area (Å²) in [5, 5.41) is 4.64. The third kappa shape index (κ3) is 4.16. The second kappa shape index (κ2) is 7.54. The van der Waals surface area contributed by atoms with Gasteiger partial charge in [0, 0.05) is 50.7 Å². The molecule has 1 aromatic rings. The maximum Gasteiger partial charge on any atom is 0.185 e. The molecule has 0 unspecified atom stereocenters. The highest BCUT2D eigenvalue weighted by molar-refractivity contribution is 7.15. The van der Waals surface area contributed by atoms with E-state index < -0.39 is 0 Å². The molecule has 21 heavy (non-hydrogen) atoms. The summed E-state index contributed by atoms with van der Waals surface area (Å²) in [5.41, 5.74) is 1.34. The van der Waals surface area contributed by atoms with Gasteiger partial charge >= 0.3 is 0 Å². The summed E-state index contributed by atoms with van der Waals surface area (Å²) in [6, 6.07) is 0. The van der Waals surface area contributed by atoms with Crippen LogP contribution < -0.4 is 10.2 Å². The van der Waals surface area contributed by atoms with Crippen LogP contribution in [0.25, 0.3) is 0 Å². The van der Waals surface area contributed by atoms with Gasteiger partial charge in [-0.3, -0.25) is 0 Å². The van der Waals surface area contributed by atoms with Crippen LogP contribution in [-0.4, -0.2) is 51.5 Å². The first-order valence-electron chi connectivity index (χ1n) is 7.90. The largest absolute Gasteiger partial charge is 0.383 e. The molecule has 0 atom stereocenters. The molecule has 2 fully saturated rings. The molecule has 2 aliphatic rings. The Balaban J connectivity index is 1.66. The van der Waals surface area contributed by atoms with Crippen molar-refractivity contribution in [2.45, 2.75) is 31.7 Å². The van der Waals surface area contributed by atoms with E-state index in [0.29, 0.717) is 5.92 Å². The highest BCUT2D eigenvalue weighted by Gasteiger charge is 2.30. The number of rotatable bonds is 7. The molecule has 2 heterocycles. The normalized spacial score (nSPS) is 19.8. The minimum atomic E-state index is 0.706. The Bertz CT molecular complexity index is 440. The van der Waals surface area contributed by atoms with E-state index in [0.717, 1.165) is 52.4 Å². The highest BCUT2D eigenvalue weighted by atomic mass is 32.1. The molecule has 1 aliphatic carbocycles. The van der Waals surface area contributed by atoms with Crippen molar-refractivity contribution >= 4 is 16.5 Å². The van der Waals surface area contributed by atoms with E-state index in [1.165, 1.54) is 28.5 Å². The number of hydrogen-bond donors (Lipinski definition) is 1. The molecule has 3 rings (SSSR count). The van der Waals surface area contributed by atoms with E-state index in [4.69, 9.17) is 14.5 Å². The zero-order valence-corrected chi connectivity index (χ0v) is 13.6. The molecule has 0 spiro atoms. The fourth-order valence-corrected chi connectivity index (χ4v) is 3.77. The zero-order valence-electron chi connectivity index (χ0n) is 12.8. The van der Waals surface area contributed by atoms with Gasteiger partial charge in [0.1, 0.15) is 0 Å². The molecule has 1 saturated carbocycles. The lowest BCUT2D eigenvalue weighted by molar-refractivity contribution is 0.152. The van der Waals surface area contributed by atoms with Gasteiger partial charge in [-0.2, -0.15) is 0 Å². The monoisotopic (exact) mass is 311 g/mol. The maximum atomic E-state index is 5.54. The molecule has 1 saturated heterocycles. The van der Waals surface area contributed by atoms with Crippen LogP contribution in [0.1, 0.15) is 35.8 Å². The number of nitrogens with zero attached hydrogens (tertiary/aromatic N) is 2. The van der Waals surface area contributed by atoms with E-state index in [1.54, 1.807) is 7.11 Å². The van der Waals surface area contributed by atoms with Gasteiger partial charge in [0.15, 0.2) is 5.13 Å². The number of anilines is 1. The van der Waals surface area contributed by atoms with Crippen molar-refractivity contribution in [1.82, 2.24) is 10.3 Å². The fraction of sp³-hybridized carbons (Fsp3) is 0.800. The van der Waals surface area contributed by atoms with Crippen LogP contribution in [0, 0.1) is 0 Å². The van der Waals surface area contributed by atoms with Crippen molar-refractivity contribution in [3.05, 3.63) is 10.6 Å². The van der Waals surface area contributed by atoms with E-state index >= 15 is 0 Å². The number of methoxy groups -OCH3 is 1. The van der Waals surface area contributed by atoms with Gasteiger partial charge in [-0.05, 0) is 19.3 Å². The molecule has 0 amide bonds. The Kier molecular flexibility index (Phi) is 5.46. The van der Waals surface area contributed by atoms with E-state index in [-0.39, 0.29) is 0 Å². The predicted octanol–water partition coefficient (Wildman–Crippen LogP) is 1.98. The number of aromatic nitrogens is 1. The van der Waals surface area contributed by atoms with Gasteiger partial charge in [-0.15, -0.1) is 11.3 Å². The minimum Gasteiger partial charge on any atom is -0.383 e. The topological polar surface area (TPSA) is 46.6 Å². The van der Waals surface area contributed by atoms with Crippen LogP contribution >= 0.6 is 11.3 Å². The summed E-state index contributed by atoms with van der Waals surface area (Å²) in [5.74, 6) is 0.706. The molecule has 1 N–H and O–H groups in total. The molecule has 6 heteroatoms. The van der Waals surface area contributed by atoms with Crippen molar-refractivity contribution < 1.29 is 9.47 Å². The molecule has 5 nitrogen and oxygen atoms in total. The predicted molar refractivity (Wildman–Crippen MR) is 85.3 cm³/mol. The minimum absolute atomic E-state index is 0.706. The molecule has 1 aliphatic heterocycles. The van der Waals surface area contributed by atoms with Crippen molar-refractivity contribution in [2.75, 3.05) is 51.5 Å². The van der Waals surface area contributed by atoms with Gasteiger partial charge < -0.3 is 19.7 Å². The Morgan fingerprint density at radius 2 is 2.29 bits per heavy atom. The number of hydrogen-bond acceptors (Lipinski definition) is 6. The smallest absolute Gasteiger partial charge is 0.185 e. The summed E-state index contributed by atoms with van der Waals surface area (Å²) >= 11 is 1.86. The first-order valence-corrected chi connectivity index (χ1v) is 8.72. The van der Waals surface area contributed by atoms with Crippen molar-refractivity contribution in [3.63, 3.8) is 0 Å². The van der Waals surface area contributed by atoms with Crippen LogP contribution in [0.3, 0.4) is 0 Å². The lowest BCUT2D eigenvalue weighted by Crippen LogP contribution is -2.25. The van der Waals surface area contributed by atoms with Crippen molar-refractivity contribution in [3.8, 4) is 0 Å². The first-order chi connectivity index (χ1) is 10.4.